The summed E-state index contributed by atoms with van der Waals surface area (Å²) in [5, 5.41) is 14.6. The minimum atomic E-state index is -0.984. The predicted molar refractivity (Wildman–Crippen MR) is 75.7 cm³/mol. The standard InChI is InChI=1S/C14H9BrN2O2/c15-10-5-3-7-12(13(10)14(18)19)17-11-6-2-1-4-9(11)8-16-17/h1-8H,(H,18,19). The lowest BCUT2D eigenvalue weighted by Gasteiger charge is -2.09. The molecule has 5 heteroatoms. The fourth-order valence-electron chi connectivity index (χ4n) is 2.06. The van der Waals surface area contributed by atoms with Crippen molar-refractivity contribution in [2.45, 2.75) is 0 Å². The molecule has 3 aromatic rings. The van der Waals surface area contributed by atoms with Crippen LogP contribution in [0.4, 0.5) is 0 Å². The first-order valence-electron chi connectivity index (χ1n) is 5.63. The zero-order valence-corrected chi connectivity index (χ0v) is 11.3. The molecule has 0 spiro atoms. The lowest BCUT2D eigenvalue weighted by Crippen LogP contribution is -2.07. The van der Waals surface area contributed by atoms with Crippen LogP contribution in [0, 0.1) is 0 Å². The number of carboxylic acid groups (broad SMARTS) is 1. The Labute approximate surface area is 117 Å². The van der Waals surface area contributed by atoms with Crippen molar-refractivity contribution in [1.29, 1.82) is 0 Å². The molecule has 0 aliphatic heterocycles. The highest BCUT2D eigenvalue weighted by Crippen LogP contribution is 2.26. The number of aromatic nitrogens is 2. The average Bonchev–Trinajstić information content (AvgIpc) is 2.81. The number of para-hydroxylation sites is 1. The molecule has 0 amide bonds. The summed E-state index contributed by atoms with van der Waals surface area (Å²) in [6, 6.07) is 12.9. The molecule has 19 heavy (non-hydrogen) atoms. The summed E-state index contributed by atoms with van der Waals surface area (Å²) in [7, 11) is 0. The average molecular weight is 317 g/mol. The van der Waals surface area contributed by atoms with Gasteiger partial charge in [0.25, 0.3) is 0 Å². The summed E-state index contributed by atoms with van der Waals surface area (Å²) in [6.07, 6.45) is 1.72. The van der Waals surface area contributed by atoms with Crippen LogP contribution in [-0.4, -0.2) is 20.9 Å². The summed E-state index contributed by atoms with van der Waals surface area (Å²) in [5.41, 5.74) is 1.63. The van der Waals surface area contributed by atoms with Crippen LogP contribution in [0.5, 0.6) is 0 Å². The molecule has 2 aromatic carbocycles. The third kappa shape index (κ3) is 1.92. The molecule has 0 saturated carbocycles. The van der Waals surface area contributed by atoms with E-state index in [-0.39, 0.29) is 5.56 Å². The molecule has 0 aliphatic carbocycles. The first-order chi connectivity index (χ1) is 9.18. The molecule has 94 valence electrons. The van der Waals surface area contributed by atoms with Gasteiger partial charge in [0.15, 0.2) is 0 Å². The van der Waals surface area contributed by atoms with Crippen LogP contribution < -0.4 is 0 Å². The maximum atomic E-state index is 11.4. The van der Waals surface area contributed by atoms with Gasteiger partial charge in [-0.2, -0.15) is 5.10 Å². The van der Waals surface area contributed by atoms with Crippen LogP contribution in [0.25, 0.3) is 16.6 Å². The number of rotatable bonds is 2. The lowest BCUT2D eigenvalue weighted by atomic mass is 10.1. The van der Waals surface area contributed by atoms with E-state index < -0.39 is 5.97 Å². The van der Waals surface area contributed by atoms with Gasteiger partial charge in [-0.1, -0.05) is 24.3 Å². The van der Waals surface area contributed by atoms with E-state index in [1.54, 1.807) is 29.1 Å². The number of fused-ring (bicyclic) bond motifs is 1. The van der Waals surface area contributed by atoms with Gasteiger partial charge < -0.3 is 5.11 Å². The molecule has 1 N–H and O–H groups in total. The zero-order chi connectivity index (χ0) is 13.4. The van der Waals surface area contributed by atoms with E-state index >= 15 is 0 Å². The molecule has 1 aromatic heterocycles. The number of hydrogen-bond acceptors (Lipinski definition) is 2. The Morgan fingerprint density at radius 1 is 1.16 bits per heavy atom. The van der Waals surface area contributed by atoms with E-state index in [0.29, 0.717) is 10.2 Å². The normalized spacial score (nSPS) is 10.8. The monoisotopic (exact) mass is 316 g/mol. The fourth-order valence-corrected chi connectivity index (χ4v) is 2.59. The van der Waals surface area contributed by atoms with E-state index in [4.69, 9.17) is 0 Å². The lowest BCUT2D eigenvalue weighted by molar-refractivity contribution is 0.0696. The van der Waals surface area contributed by atoms with Crippen LogP contribution in [0.2, 0.25) is 0 Å². The third-order valence-corrected chi connectivity index (χ3v) is 3.57. The highest BCUT2D eigenvalue weighted by molar-refractivity contribution is 9.10. The summed E-state index contributed by atoms with van der Waals surface area (Å²) in [4.78, 5) is 11.4. The van der Waals surface area contributed by atoms with Gasteiger partial charge in [0.05, 0.1) is 23.0 Å². The van der Waals surface area contributed by atoms with Gasteiger partial charge in [-0.3, -0.25) is 0 Å². The molecule has 3 rings (SSSR count). The Balaban J connectivity index is 2.33. The molecule has 0 aliphatic rings. The van der Waals surface area contributed by atoms with Crippen LogP contribution >= 0.6 is 15.9 Å². The fraction of sp³-hybridized carbons (Fsp3) is 0. The van der Waals surface area contributed by atoms with Crippen LogP contribution in [0.1, 0.15) is 10.4 Å². The zero-order valence-electron chi connectivity index (χ0n) is 9.75. The molecule has 1 heterocycles. The van der Waals surface area contributed by atoms with Gasteiger partial charge in [-0.25, -0.2) is 9.48 Å². The minimum Gasteiger partial charge on any atom is -0.478 e. The number of halogens is 1. The highest BCUT2D eigenvalue weighted by atomic mass is 79.9. The van der Waals surface area contributed by atoms with Crippen molar-refractivity contribution in [3.8, 4) is 5.69 Å². The number of benzene rings is 2. The first-order valence-corrected chi connectivity index (χ1v) is 6.43. The van der Waals surface area contributed by atoms with Gasteiger partial charge in [0.2, 0.25) is 0 Å². The molecule has 0 fully saturated rings. The van der Waals surface area contributed by atoms with Crippen molar-refractivity contribution in [2.75, 3.05) is 0 Å². The minimum absolute atomic E-state index is 0.205. The quantitative estimate of drug-likeness (QED) is 0.787. The molecular weight excluding hydrogens is 308 g/mol. The molecule has 0 unspecified atom stereocenters. The van der Waals surface area contributed by atoms with E-state index in [1.807, 2.05) is 24.3 Å². The van der Waals surface area contributed by atoms with E-state index in [0.717, 1.165) is 10.9 Å². The van der Waals surface area contributed by atoms with E-state index in [2.05, 4.69) is 21.0 Å². The second-order valence-electron chi connectivity index (χ2n) is 4.05. The molecule has 0 radical (unpaired) electrons. The molecule has 0 saturated heterocycles. The smallest absolute Gasteiger partial charge is 0.339 e. The molecule has 0 bridgehead atoms. The molecular formula is C14H9BrN2O2. The van der Waals surface area contributed by atoms with Crippen molar-refractivity contribution in [3.05, 3.63) is 58.7 Å². The largest absolute Gasteiger partial charge is 0.478 e. The van der Waals surface area contributed by atoms with Crippen molar-refractivity contribution >= 4 is 32.8 Å². The topological polar surface area (TPSA) is 55.1 Å². The highest BCUT2D eigenvalue weighted by Gasteiger charge is 2.17. The summed E-state index contributed by atoms with van der Waals surface area (Å²) >= 11 is 3.28. The predicted octanol–water partition coefficient (Wildman–Crippen LogP) is 3.49. The van der Waals surface area contributed by atoms with Crippen LogP contribution in [-0.2, 0) is 0 Å². The second-order valence-corrected chi connectivity index (χ2v) is 4.91. The van der Waals surface area contributed by atoms with Crippen LogP contribution in [0.15, 0.2) is 53.1 Å². The number of hydrogen-bond donors (Lipinski definition) is 1. The number of carboxylic acids is 1. The number of nitrogens with zero attached hydrogens (tertiary/aromatic N) is 2. The maximum Gasteiger partial charge on any atom is 0.339 e. The van der Waals surface area contributed by atoms with Gasteiger partial charge in [-0.15, -0.1) is 0 Å². The van der Waals surface area contributed by atoms with Crippen molar-refractivity contribution in [1.82, 2.24) is 9.78 Å². The van der Waals surface area contributed by atoms with E-state index in [1.165, 1.54) is 0 Å². The van der Waals surface area contributed by atoms with E-state index in [9.17, 15) is 9.90 Å². The Hall–Kier alpha value is -2.14. The summed E-state index contributed by atoms with van der Waals surface area (Å²) < 4.78 is 2.18. The Morgan fingerprint density at radius 3 is 2.74 bits per heavy atom. The van der Waals surface area contributed by atoms with Crippen LogP contribution in [0.3, 0.4) is 0 Å². The van der Waals surface area contributed by atoms with Crippen molar-refractivity contribution in [3.63, 3.8) is 0 Å². The maximum absolute atomic E-state index is 11.4. The molecule has 0 atom stereocenters. The summed E-state index contributed by atoms with van der Waals surface area (Å²) in [6.45, 7) is 0. The van der Waals surface area contributed by atoms with Gasteiger partial charge >= 0.3 is 5.97 Å². The first kappa shape index (κ1) is 11.9. The van der Waals surface area contributed by atoms with Gasteiger partial charge in [0.1, 0.15) is 0 Å². The SMILES string of the molecule is O=C(O)c1c(Br)cccc1-n1ncc2ccccc21. The number of carbonyl (C=O) groups is 1. The van der Waals surface area contributed by atoms with Crippen molar-refractivity contribution < 1.29 is 9.90 Å². The Bertz CT molecular complexity index is 780. The Kier molecular flexibility index (Phi) is 2.83. The third-order valence-electron chi connectivity index (χ3n) is 2.91. The second kappa shape index (κ2) is 4.51. The van der Waals surface area contributed by atoms with Gasteiger partial charge in [-0.05, 0) is 34.1 Å². The van der Waals surface area contributed by atoms with Crippen molar-refractivity contribution in [2.24, 2.45) is 0 Å². The summed E-state index contributed by atoms with van der Waals surface area (Å²) in [5.74, 6) is -0.984. The Morgan fingerprint density at radius 2 is 1.95 bits per heavy atom. The molecule has 4 nitrogen and oxygen atoms in total. The van der Waals surface area contributed by atoms with Gasteiger partial charge in [0, 0.05) is 9.86 Å². The number of aromatic carboxylic acids is 1.